The lowest BCUT2D eigenvalue weighted by Gasteiger charge is -2.19. The summed E-state index contributed by atoms with van der Waals surface area (Å²) in [5.41, 5.74) is 0.535. The summed E-state index contributed by atoms with van der Waals surface area (Å²) in [4.78, 5) is 12.9. The van der Waals surface area contributed by atoms with Gasteiger partial charge in [0, 0.05) is 21.2 Å². The molecule has 1 aromatic carbocycles. The van der Waals surface area contributed by atoms with Gasteiger partial charge >= 0.3 is 0 Å². The van der Waals surface area contributed by atoms with Gasteiger partial charge < -0.3 is 9.64 Å². The van der Waals surface area contributed by atoms with Crippen molar-refractivity contribution in [2.75, 3.05) is 34.4 Å². The number of likely N-dealkylation sites (N-methyl/N-ethyl adjacent to an activating group) is 1. The fraction of sp³-hybridized carbons (Fsp3) is 0.462. The average molecular weight is 272 g/mol. The minimum atomic E-state index is -0.917. The third kappa shape index (κ3) is 4.57. The van der Waals surface area contributed by atoms with Gasteiger partial charge in [0.1, 0.15) is 0 Å². The molecule has 0 aliphatic carbocycles. The Bertz CT molecular complexity index is 439. The van der Waals surface area contributed by atoms with Crippen LogP contribution in [0.15, 0.2) is 18.2 Å². The standard InChI is InChI=1S/C13H18F2N2O2/c1-17(2)13(18)7-16-12(8-19-3)9-4-5-10(14)11(15)6-9/h4-6,12,16H,7-8H2,1-3H3/t12-/m0/s1. The van der Waals surface area contributed by atoms with Gasteiger partial charge in [-0.25, -0.2) is 8.78 Å². The zero-order valence-electron chi connectivity index (χ0n) is 11.2. The number of hydrogen-bond acceptors (Lipinski definition) is 3. The van der Waals surface area contributed by atoms with Crippen LogP contribution in [0.1, 0.15) is 11.6 Å². The Morgan fingerprint density at radius 3 is 2.58 bits per heavy atom. The number of amides is 1. The molecule has 0 radical (unpaired) electrons. The molecule has 0 fully saturated rings. The maximum Gasteiger partial charge on any atom is 0.236 e. The molecule has 0 bridgehead atoms. The minimum absolute atomic E-state index is 0.0972. The first-order chi connectivity index (χ1) is 8.95. The Morgan fingerprint density at radius 2 is 2.05 bits per heavy atom. The van der Waals surface area contributed by atoms with Gasteiger partial charge in [-0.15, -0.1) is 0 Å². The molecule has 1 atom stereocenters. The molecule has 0 aliphatic heterocycles. The van der Waals surface area contributed by atoms with E-state index in [9.17, 15) is 13.6 Å². The Kier molecular flexibility index (Phi) is 5.85. The van der Waals surface area contributed by atoms with Crippen LogP contribution in [0.3, 0.4) is 0 Å². The topological polar surface area (TPSA) is 41.6 Å². The van der Waals surface area contributed by atoms with Crippen LogP contribution < -0.4 is 5.32 Å². The predicted molar refractivity (Wildman–Crippen MR) is 67.7 cm³/mol. The van der Waals surface area contributed by atoms with Crippen LogP contribution in [0.5, 0.6) is 0 Å². The van der Waals surface area contributed by atoms with E-state index in [2.05, 4.69) is 5.32 Å². The van der Waals surface area contributed by atoms with E-state index >= 15 is 0 Å². The second-order valence-corrected chi connectivity index (χ2v) is 4.35. The van der Waals surface area contributed by atoms with E-state index in [1.165, 1.54) is 18.1 Å². The van der Waals surface area contributed by atoms with Crippen molar-refractivity contribution in [1.82, 2.24) is 10.2 Å². The number of ether oxygens (including phenoxy) is 1. The van der Waals surface area contributed by atoms with Gasteiger partial charge in [-0.05, 0) is 17.7 Å². The van der Waals surface area contributed by atoms with Gasteiger partial charge in [0.25, 0.3) is 0 Å². The summed E-state index contributed by atoms with van der Waals surface area (Å²) in [6.45, 7) is 0.353. The fourth-order valence-corrected chi connectivity index (χ4v) is 1.54. The number of nitrogens with one attached hydrogen (secondary N) is 1. The van der Waals surface area contributed by atoms with Crippen molar-refractivity contribution in [3.05, 3.63) is 35.4 Å². The molecule has 1 amide bonds. The highest BCUT2D eigenvalue weighted by Gasteiger charge is 2.15. The van der Waals surface area contributed by atoms with Crippen molar-refractivity contribution in [2.24, 2.45) is 0 Å². The van der Waals surface area contributed by atoms with E-state index in [1.807, 2.05) is 0 Å². The molecule has 0 spiro atoms. The predicted octanol–water partition coefficient (Wildman–Crippen LogP) is 1.33. The first-order valence-electron chi connectivity index (χ1n) is 5.83. The monoisotopic (exact) mass is 272 g/mol. The van der Waals surface area contributed by atoms with Gasteiger partial charge in [-0.2, -0.15) is 0 Å². The molecule has 0 saturated carbocycles. The molecule has 0 aliphatic rings. The van der Waals surface area contributed by atoms with Crippen molar-refractivity contribution < 1.29 is 18.3 Å². The molecule has 1 N–H and O–H groups in total. The number of carbonyl (C=O) groups is 1. The minimum Gasteiger partial charge on any atom is -0.383 e. The van der Waals surface area contributed by atoms with E-state index in [1.54, 1.807) is 14.1 Å². The molecule has 4 nitrogen and oxygen atoms in total. The SMILES string of the molecule is COC[C@H](NCC(=O)N(C)C)c1ccc(F)c(F)c1. The third-order valence-electron chi connectivity index (χ3n) is 2.68. The Hall–Kier alpha value is -1.53. The van der Waals surface area contributed by atoms with Gasteiger partial charge in [0.15, 0.2) is 11.6 Å². The molecular weight excluding hydrogens is 254 g/mol. The summed E-state index contributed by atoms with van der Waals surface area (Å²) in [5.74, 6) is -1.92. The van der Waals surface area contributed by atoms with Gasteiger partial charge in [-0.1, -0.05) is 6.07 Å². The largest absolute Gasteiger partial charge is 0.383 e. The summed E-state index contributed by atoms with van der Waals surface area (Å²) in [6.07, 6.45) is 0. The maximum atomic E-state index is 13.2. The fourth-order valence-electron chi connectivity index (χ4n) is 1.54. The molecule has 19 heavy (non-hydrogen) atoms. The van der Waals surface area contributed by atoms with Crippen LogP contribution in [0.4, 0.5) is 8.78 Å². The van der Waals surface area contributed by atoms with Crippen molar-refractivity contribution in [2.45, 2.75) is 6.04 Å². The summed E-state index contributed by atoms with van der Waals surface area (Å²) in [5, 5.41) is 2.96. The van der Waals surface area contributed by atoms with E-state index < -0.39 is 11.6 Å². The lowest BCUT2D eigenvalue weighted by Crippen LogP contribution is -2.36. The van der Waals surface area contributed by atoms with Crippen LogP contribution in [-0.4, -0.2) is 45.2 Å². The second-order valence-electron chi connectivity index (χ2n) is 4.35. The first-order valence-corrected chi connectivity index (χ1v) is 5.83. The van der Waals surface area contributed by atoms with Crippen molar-refractivity contribution >= 4 is 5.91 Å². The Balaban J connectivity index is 2.76. The van der Waals surface area contributed by atoms with Crippen LogP contribution in [0, 0.1) is 11.6 Å². The molecule has 0 unspecified atom stereocenters. The molecule has 0 heterocycles. The number of hydrogen-bond donors (Lipinski definition) is 1. The van der Waals surface area contributed by atoms with Crippen LogP contribution in [0.2, 0.25) is 0 Å². The third-order valence-corrected chi connectivity index (χ3v) is 2.68. The molecule has 0 aromatic heterocycles. The van der Waals surface area contributed by atoms with Crippen molar-refractivity contribution in [3.8, 4) is 0 Å². The second kappa shape index (κ2) is 7.16. The summed E-state index contributed by atoms with van der Waals surface area (Å²) >= 11 is 0. The number of benzene rings is 1. The molecular formula is C13H18F2N2O2. The van der Waals surface area contributed by atoms with E-state index in [4.69, 9.17) is 4.74 Å². The molecule has 1 rings (SSSR count). The number of rotatable bonds is 6. The smallest absolute Gasteiger partial charge is 0.236 e. The van der Waals surface area contributed by atoms with Crippen LogP contribution in [-0.2, 0) is 9.53 Å². The highest BCUT2D eigenvalue weighted by atomic mass is 19.2. The van der Waals surface area contributed by atoms with Crippen LogP contribution >= 0.6 is 0 Å². The number of nitrogens with zero attached hydrogens (tertiary/aromatic N) is 1. The first kappa shape index (κ1) is 15.5. The maximum absolute atomic E-state index is 13.2. The molecule has 106 valence electrons. The van der Waals surface area contributed by atoms with Crippen molar-refractivity contribution in [1.29, 1.82) is 0 Å². The van der Waals surface area contributed by atoms with Gasteiger partial charge in [0.05, 0.1) is 19.2 Å². The van der Waals surface area contributed by atoms with E-state index in [0.717, 1.165) is 12.1 Å². The lowest BCUT2D eigenvalue weighted by atomic mass is 10.1. The normalized spacial score (nSPS) is 12.3. The number of halogens is 2. The lowest BCUT2D eigenvalue weighted by molar-refractivity contribution is -0.127. The Morgan fingerprint density at radius 1 is 1.37 bits per heavy atom. The number of carbonyl (C=O) groups excluding carboxylic acids is 1. The van der Waals surface area contributed by atoms with Crippen LogP contribution in [0.25, 0.3) is 0 Å². The Labute approximate surface area is 111 Å². The zero-order chi connectivity index (χ0) is 14.4. The summed E-state index contributed by atoms with van der Waals surface area (Å²) < 4.78 is 31.1. The molecule has 0 saturated heterocycles. The van der Waals surface area contributed by atoms with E-state index in [-0.39, 0.29) is 25.1 Å². The summed E-state index contributed by atoms with van der Waals surface area (Å²) in [7, 11) is 4.79. The molecule has 6 heteroatoms. The van der Waals surface area contributed by atoms with Gasteiger partial charge in [0.2, 0.25) is 5.91 Å². The van der Waals surface area contributed by atoms with E-state index in [0.29, 0.717) is 5.56 Å². The summed E-state index contributed by atoms with van der Waals surface area (Å²) in [6, 6.07) is 3.26. The van der Waals surface area contributed by atoms with Crippen molar-refractivity contribution in [3.63, 3.8) is 0 Å². The zero-order valence-corrected chi connectivity index (χ0v) is 11.2. The molecule has 1 aromatic rings. The van der Waals surface area contributed by atoms with Gasteiger partial charge in [-0.3, -0.25) is 10.1 Å². The quantitative estimate of drug-likeness (QED) is 0.849. The highest BCUT2D eigenvalue weighted by Crippen LogP contribution is 2.16. The highest BCUT2D eigenvalue weighted by molar-refractivity contribution is 5.77. The number of methoxy groups -OCH3 is 1. The average Bonchev–Trinajstić information content (AvgIpc) is 2.37.